The van der Waals surface area contributed by atoms with Crippen LogP contribution in [0.2, 0.25) is 0 Å². The quantitative estimate of drug-likeness (QED) is 0.700. The van der Waals surface area contributed by atoms with E-state index in [0.29, 0.717) is 11.3 Å². The lowest BCUT2D eigenvalue weighted by atomic mass is 10.2. The first kappa shape index (κ1) is 12.5. The Bertz CT molecular complexity index is 511. The number of carbonyl (C=O) groups excluding carboxylic acids is 1. The molecule has 0 saturated carbocycles. The molecule has 0 aromatic heterocycles. The normalized spacial score (nSPS) is 10.9. The van der Waals surface area contributed by atoms with E-state index in [0.717, 1.165) is 0 Å². The van der Waals surface area contributed by atoms with Gasteiger partial charge in [0.05, 0.1) is 4.90 Å². The van der Waals surface area contributed by atoms with Crippen LogP contribution in [0.25, 0.3) is 0 Å². The van der Waals surface area contributed by atoms with Gasteiger partial charge in [-0.2, -0.15) is 0 Å². The lowest BCUT2D eigenvalue weighted by Crippen LogP contribution is -2.25. The maximum absolute atomic E-state index is 11.2. The van der Waals surface area contributed by atoms with Gasteiger partial charge in [0, 0.05) is 12.7 Å². The number of rotatable bonds is 2. The fourth-order valence-corrected chi connectivity index (χ4v) is 2.05. The molecule has 7 heteroatoms. The van der Waals surface area contributed by atoms with Gasteiger partial charge in [-0.25, -0.2) is 18.4 Å². The van der Waals surface area contributed by atoms with Gasteiger partial charge >= 0.3 is 6.03 Å². The molecule has 0 aliphatic carbocycles. The standard InChI is InChI=1S/C9H13N3O3S/c1-6-7(12-9(13)11-2)4-3-5-8(6)16(10,14)15/h3-5H,1-2H3,(H2,10,14,15)(H2,11,12,13). The Labute approximate surface area is 93.9 Å². The van der Waals surface area contributed by atoms with Crippen molar-refractivity contribution in [2.45, 2.75) is 11.8 Å². The number of anilines is 1. The molecule has 0 atom stereocenters. The van der Waals surface area contributed by atoms with E-state index < -0.39 is 16.1 Å². The third-order valence-electron chi connectivity index (χ3n) is 2.07. The van der Waals surface area contributed by atoms with Crippen LogP contribution < -0.4 is 15.8 Å². The van der Waals surface area contributed by atoms with Gasteiger partial charge in [-0.05, 0) is 24.6 Å². The zero-order valence-corrected chi connectivity index (χ0v) is 9.76. The summed E-state index contributed by atoms with van der Waals surface area (Å²) in [7, 11) is -2.30. The smallest absolute Gasteiger partial charge is 0.318 e. The first-order valence-corrected chi connectivity index (χ1v) is 6.02. The minimum atomic E-state index is -3.77. The van der Waals surface area contributed by atoms with Crippen LogP contribution in [-0.2, 0) is 10.0 Å². The van der Waals surface area contributed by atoms with E-state index in [2.05, 4.69) is 10.6 Å². The summed E-state index contributed by atoms with van der Waals surface area (Å²) in [4.78, 5) is 11.1. The van der Waals surface area contributed by atoms with Crippen molar-refractivity contribution in [1.29, 1.82) is 0 Å². The van der Waals surface area contributed by atoms with Crippen molar-refractivity contribution < 1.29 is 13.2 Å². The molecule has 0 radical (unpaired) electrons. The molecular formula is C9H13N3O3S. The van der Waals surface area contributed by atoms with E-state index in [1.54, 1.807) is 13.0 Å². The van der Waals surface area contributed by atoms with Gasteiger partial charge in [0.2, 0.25) is 10.0 Å². The molecular weight excluding hydrogens is 230 g/mol. The number of carbonyl (C=O) groups is 1. The van der Waals surface area contributed by atoms with Crippen LogP contribution >= 0.6 is 0 Å². The second kappa shape index (κ2) is 4.50. The first-order chi connectivity index (χ1) is 7.36. The van der Waals surface area contributed by atoms with Crippen molar-refractivity contribution in [2.75, 3.05) is 12.4 Å². The molecule has 88 valence electrons. The van der Waals surface area contributed by atoms with Gasteiger partial charge in [-0.3, -0.25) is 0 Å². The first-order valence-electron chi connectivity index (χ1n) is 4.47. The van der Waals surface area contributed by atoms with Crippen molar-refractivity contribution >= 4 is 21.7 Å². The second-order valence-electron chi connectivity index (χ2n) is 3.18. The van der Waals surface area contributed by atoms with Gasteiger partial charge in [-0.1, -0.05) is 6.07 Å². The third kappa shape index (κ3) is 2.71. The predicted molar refractivity (Wildman–Crippen MR) is 60.6 cm³/mol. The molecule has 0 fully saturated rings. The highest BCUT2D eigenvalue weighted by molar-refractivity contribution is 7.89. The number of nitrogens with two attached hydrogens (primary N) is 1. The molecule has 0 saturated heterocycles. The number of benzene rings is 1. The van der Waals surface area contributed by atoms with Crippen LogP contribution in [0.1, 0.15) is 5.56 Å². The van der Waals surface area contributed by atoms with Crippen LogP contribution in [0.15, 0.2) is 23.1 Å². The molecule has 6 nitrogen and oxygen atoms in total. The summed E-state index contributed by atoms with van der Waals surface area (Å²) in [6.45, 7) is 1.57. The Hall–Kier alpha value is -1.60. The largest absolute Gasteiger partial charge is 0.341 e. The molecule has 16 heavy (non-hydrogen) atoms. The Balaban J connectivity index is 3.20. The zero-order chi connectivity index (χ0) is 12.3. The maximum Gasteiger partial charge on any atom is 0.318 e. The molecule has 0 aliphatic rings. The minimum absolute atomic E-state index is 0.00130. The monoisotopic (exact) mass is 243 g/mol. The summed E-state index contributed by atoms with van der Waals surface area (Å²) in [5.74, 6) is 0. The summed E-state index contributed by atoms with van der Waals surface area (Å²) in [6.07, 6.45) is 0. The fraction of sp³-hybridized carbons (Fsp3) is 0.222. The van der Waals surface area contributed by atoms with Crippen molar-refractivity contribution in [3.05, 3.63) is 23.8 Å². The molecule has 0 spiro atoms. The highest BCUT2D eigenvalue weighted by Crippen LogP contribution is 2.21. The highest BCUT2D eigenvalue weighted by Gasteiger charge is 2.14. The number of urea groups is 1. The third-order valence-corrected chi connectivity index (χ3v) is 3.12. The molecule has 0 heterocycles. The molecule has 0 unspecified atom stereocenters. The highest BCUT2D eigenvalue weighted by atomic mass is 32.2. The van der Waals surface area contributed by atoms with E-state index in [-0.39, 0.29) is 4.90 Å². The van der Waals surface area contributed by atoms with E-state index >= 15 is 0 Å². The number of amides is 2. The molecule has 1 aromatic carbocycles. The van der Waals surface area contributed by atoms with Crippen molar-refractivity contribution in [3.8, 4) is 0 Å². The average molecular weight is 243 g/mol. The van der Waals surface area contributed by atoms with Gasteiger partial charge < -0.3 is 10.6 Å². The number of nitrogens with one attached hydrogen (secondary N) is 2. The van der Waals surface area contributed by atoms with Crippen molar-refractivity contribution in [2.24, 2.45) is 5.14 Å². The Morgan fingerprint density at radius 1 is 1.38 bits per heavy atom. The van der Waals surface area contributed by atoms with Crippen molar-refractivity contribution in [3.63, 3.8) is 0 Å². The SMILES string of the molecule is CNC(=O)Nc1cccc(S(N)(=O)=O)c1C. The topological polar surface area (TPSA) is 101 Å². The molecule has 1 rings (SSSR count). The van der Waals surface area contributed by atoms with Crippen LogP contribution in [0.3, 0.4) is 0 Å². The van der Waals surface area contributed by atoms with Gasteiger partial charge in [0.15, 0.2) is 0 Å². The fourth-order valence-electron chi connectivity index (χ4n) is 1.24. The molecule has 4 N–H and O–H groups in total. The number of primary sulfonamides is 1. The average Bonchev–Trinajstić information content (AvgIpc) is 2.19. The lowest BCUT2D eigenvalue weighted by Gasteiger charge is -2.10. The van der Waals surface area contributed by atoms with Gasteiger partial charge in [0.25, 0.3) is 0 Å². The van der Waals surface area contributed by atoms with E-state index in [9.17, 15) is 13.2 Å². The maximum atomic E-state index is 11.2. The number of hydrogen-bond donors (Lipinski definition) is 3. The Morgan fingerprint density at radius 3 is 2.50 bits per heavy atom. The van der Waals surface area contributed by atoms with Crippen molar-refractivity contribution in [1.82, 2.24) is 5.32 Å². The zero-order valence-electron chi connectivity index (χ0n) is 8.94. The van der Waals surface area contributed by atoms with Gasteiger partial charge in [-0.15, -0.1) is 0 Å². The molecule has 1 aromatic rings. The summed E-state index contributed by atoms with van der Waals surface area (Å²) < 4.78 is 22.4. The van der Waals surface area contributed by atoms with Crippen LogP contribution in [0.4, 0.5) is 10.5 Å². The summed E-state index contributed by atoms with van der Waals surface area (Å²) in [5, 5.41) is 9.90. The molecule has 0 aliphatic heterocycles. The van der Waals surface area contributed by atoms with E-state index in [1.165, 1.54) is 19.2 Å². The molecule has 2 amide bonds. The minimum Gasteiger partial charge on any atom is -0.341 e. The molecule has 0 bridgehead atoms. The second-order valence-corrected chi connectivity index (χ2v) is 4.71. The Kier molecular flexibility index (Phi) is 3.51. The number of hydrogen-bond acceptors (Lipinski definition) is 3. The lowest BCUT2D eigenvalue weighted by molar-refractivity contribution is 0.254. The Morgan fingerprint density at radius 2 is 2.00 bits per heavy atom. The van der Waals surface area contributed by atoms with E-state index in [1.807, 2.05) is 0 Å². The number of sulfonamides is 1. The van der Waals surface area contributed by atoms with Crippen LogP contribution in [-0.4, -0.2) is 21.5 Å². The van der Waals surface area contributed by atoms with E-state index in [4.69, 9.17) is 5.14 Å². The summed E-state index contributed by atoms with van der Waals surface area (Å²) >= 11 is 0. The van der Waals surface area contributed by atoms with Crippen LogP contribution in [0, 0.1) is 6.92 Å². The van der Waals surface area contributed by atoms with Gasteiger partial charge in [0.1, 0.15) is 0 Å². The summed E-state index contributed by atoms with van der Waals surface area (Å²) in [6, 6.07) is 4.08. The summed E-state index contributed by atoms with van der Waals surface area (Å²) in [5.41, 5.74) is 0.819. The predicted octanol–water partition coefficient (Wildman–Crippen LogP) is 0.394. The van der Waals surface area contributed by atoms with Crippen LogP contribution in [0.5, 0.6) is 0 Å².